The Kier molecular flexibility index (Phi) is 7.04. The van der Waals surface area contributed by atoms with Gasteiger partial charge in [0.1, 0.15) is 5.54 Å². The molecule has 1 atom stereocenters. The zero-order chi connectivity index (χ0) is 13.4. The Morgan fingerprint density at radius 1 is 1.50 bits per heavy atom. The highest BCUT2D eigenvalue weighted by molar-refractivity contribution is 7.99. The summed E-state index contributed by atoms with van der Waals surface area (Å²) in [6.45, 7) is 5.71. The molecule has 0 aromatic rings. The van der Waals surface area contributed by atoms with Gasteiger partial charge in [0.05, 0.1) is 6.61 Å². The maximum atomic E-state index is 11.6. The van der Waals surface area contributed by atoms with Crippen LogP contribution in [0, 0.1) is 0 Å². The van der Waals surface area contributed by atoms with Gasteiger partial charge in [-0.1, -0.05) is 0 Å². The Labute approximate surface area is 114 Å². The van der Waals surface area contributed by atoms with E-state index in [4.69, 9.17) is 15.2 Å². The molecule has 0 radical (unpaired) electrons. The van der Waals surface area contributed by atoms with Crippen molar-refractivity contribution in [1.29, 1.82) is 0 Å². The second-order valence-electron chi connectivity index (χ2n) is 4.92. The van der Waals surface area contributed by atoms with Crippen molar-refractivity contribution in [2.45, 2.75) is 50.3 Å². The highest BCUT2D eigenvalue weighted by Gasteiger charge is 2.29. The average Bonchev–Trinajstić information content (AvgIpc) is 2.36. The molecule has 0 amide bonds. The van der Waals surface area contributed by atoms with E-state index in [1.807, 2.05) is 11.8 Å². The average molecular weight is 275 g/mol. The molecule has 1 saturated heterocycles. The summed E-state index contributed by atoms with van der Waals surface area (Å²) in [7, 11) is 0. The van der Waals surface area contributed by atoms with Crippen LogP contribution in [-0.4, -0.2) is 42.3 Å². The van der Waals surface area contributed by atoms with Crippen LogP contribution < -0.4 is 5.73 Å². The van der Waals surface area contributed by atoms with E-state index in [2.05, 4.69) is 0 Å². The van der Waals surface area contributed by atoms with Crippen molar-refractivity contribution in [3.63, 3.8) is 0 Å². The number of hydrogen-bond acceptors (Lipinski definition) is 5. The first-order valence-electron chi connectivity index (χ1n) is 6.71. The summed E-state index contributed by atoms with van der Waals surface area (Å²) in [6, 6.07) is 0. The number of rotatable bonds is 7. The van der Waals surface area contributed by atoms with E-state index in [9.17, 15) is 4.79 Å². The first-order chi connectivity index (χ1) is 8.56. The van der Waals surface area contributed by atoms with Crippen LogP contribution in [0.1, 0.15) is 39.5 Å². The summed E-state index contributed by atoms with van der Waals surface area (Å²) in [4.78, 5) is 11.6. The molecule has 1 fully saturated rings. The molecular weight excluding hydrogens is 250 g/mol. The van der Waals surface area contributed by atoms with Gasteiger partial charge >= 0.3 is 5.97 Å². The number of hydrogen-bond donors (Lipinski definition) is 1. The van der Waals surface area contributed by atoms with Crippen molar-refractivity contribution in [2.75, 3.05) is 25.6 Å². The molecule has 2 N–H and O–H groups in total. The van der Waals surface area contributed by atoms with Gasteiger partial charge in [-0.05, 0) is 45.3 Å². The summed E-state index contributed by atoms with van der Waals surface area (Å²) in [6.07, 6.45) is 3.92. The van der Waals surface area contributed by atoms with Crippen LogP contribution in [0.2, 0.25) is 0 Å². The molecule has 5 heteroatoms. The lowest BCUT2D eigenvalue weighted by Crippen LogP contribution is -2.46. The zero-order valence-corrected chi connectivity index (χ0v) is 12.3. The Morgan fingerprint density at radius 2 is 2.17 bits per heavy atom. The highest BCUT2D eigenvalue weighted by atomic mass is 32.2. The second kappa shape index (κ2) is 8.02. The molecule has 1 rings (SSSR count). The monoisotopic (exact) mass is 275 g/mol. The molecule has 0 saturated carbocycles. The van der Waals surface area contributed by atoms with E-state index in [-0.39, 0.29) is 5.97 Å². The van der Waals surface area contributed by atoms with Crippen molar-refractivity contribution < 1.29 is 14.3 Å². The van der Waals surface area contributed by atoms with E-state index < -0.39 is 5.54 Å². The Bertz CT molecular complexity index is 253. The predicted octanol–water partition coefficient (Wildman–Crippen LogP) is 1.96. The van der Waals surface area contributed by atoms with Crippen molar-refractivity contribution in [1.82, 2.24) is 0 Å². The van der Waals surface area contributed by atoms with Gasteiger partial charge in [-0.15, -0.1) is 0 Å². The predicted molar refractivity (Wildman–Crippen MR) is 74.8 cm³/mol. The lowest BCUT2D eigenvalue weighted by Gasteiger charge is -2.24. The van der Waals surface area contributed by atoms with Crippen LogP contribution in [0.25, 0.3) is 0 Å². The smallest absolute Gasteiger partial charge is 0.325 e. The van der Waals surface area contributed by atoms with E-state index in [1.165, 1.54) is 0 Å². The van der Waals surface area contributed by atoms with Crippen molar-refractivity contribution in [3.05, 3.63) is 0 Å². The summed E-state index contributed by atoms with van der Waals surface area (Å²) in [5, 5.41) is 0.713. The van der Waals surface area contributed by atoms with E-state index in [0.717, 1.165) is 38.2 Å². The lowest BCUT2D eigenvalue weighted by atomic mass is 9.98. The second-order valence-corrected chi connectivity index (χ2v) is 6.33. The Morgan fingerprint density at radius 3 is 2.78 bits per heavy atom. The van der Waals surface area contributed by atoms with E-state index in [0.29, 0.717) is 18.3 Å². The molecule has 1 unspecified atom stereocenters. The van der Waals surface area contributed by atoms with Gasteiger partial charge in [0.25, 0.3) is 0 Å². The first kappa shape index (κ1) is 15.8. The van der Waals surface area contributed by atoms with Crippen LogP contribution in [0.5, 0.6) is 0 Å². The van der Waals surface area contributed by atoms with E-state index in [1.54, 1.807) is 13.8 Å². The fourth-order valence-corrected chi connectivity index (χ4v) is 3.10. The maximum absolute atomic E-state index is 11.6. The number of nitrogens with two attached hydrogens (primary N) is 1. The third-order valence-corrected chi connectivity index (χ3v) is 4.57. The lowest BCUT2D eigenvalue weighted by molar-refractivity contribution is -0.149. The van der Waals surface area contributed by atoms with Gasteiger partial charge in [0.15, 0.2) is 0 Å². The fraction of sp³-hybridized carbons (Fsp3) is 0.923. The largest absolute Gasteiger partial charge is 0.465 e. The standard InChI is InChI=1S/C13H25NO3S/c1-3-17-12(15)13(2,14)7-4-10-18-11-5-8-16-9-6-11/h11H,3-10,14H2,1-2H3. The number of esters is 1. The molecule has 106 valence electrons. The fourth-order valence-electron chi connectivity index (χ4n) is 1.93. The number of carbonyl (C=O) groups excluding carboxylic acids is 1. The van der Waals surface area contributed by atoms with E-state index >= 15 is 0 Å². The highest BCUT2D eigenvalue weighted by Crippen LogP contribution is 2.24. The molecule has 1 aliphatic rings. The molecule has 0 aliphatic carbocycles. The molecule has 0 aromatic heterocycles. The van der Waals surface area contributed by atoms with Crippen LogP contribution >= 0.6 is 11.8 Å². The molecule has 0 spiro atoms. The Balaban J connectivity index is 2.13. The van der Waals surface area contributed by atoms with Gasteiger partial charge in [0.2, 0.25) is 0 Å². The topological polar surface area (TPSA) is 61.5 Å². The first-order valence-corrected chi connectivity index (χ1v) is 7.76. The Hall–Kier alpha value is -0.260. The maximum Gasteiger partial charge on any atom is 0.325 e. The van der Waals surface area contributed by atoms with Crippen LogP contribution in [0.4, 0.5) is 0 Å². The molecular formula is C13H25NO3S. The summed E-state index contributed by atoms with van der Waals surface area (Å²) in [5.41, 5.74) is 5.12. The van der Waals surface area contributed by atoms with Gasteiger partial charge < -0.3 is 15.2 Å². The minimum Gasteiger partial charge on any atom is -0.465 e. The summed E-state index contributed by atoms with van der Waals surface area (Å²) >= 11 is 1.98. The molecule has 18 heavy (non-hydrogen) atoms. The summed E-state index contributed by atoms with van der Waals surface area (Å²) in [5.74, 6) is 0.762. The minimum absolute atomic E-state index is 0.291. The van der Waals surface area contributed by atoms with Gasteiger partial charge in [-0.3, -0.25) is 4.79 Å². The molecule has 0 aromatic carbocycles. The number of thioether (sulfide) groups is 1. The van der Waals surface area contributed by atoms with Crippen LogP contribution in [0.3, 0.4) is 0 Å². The van der Waals surface area contributed by atoms with Crippen molar-refractivity contribution in [3.8, 4) is 0 Å². The SMILES string of the molecule is CCOC(=O)C(C)(N)CCCSC1CCOCC1. The van der Waals surface area contributed by atoms with Gasteiger partial charge in [-0.25, -0.2) is 0 Å². The number of ether oxygens (including phenoxy) is 2. The molecule has 1 aliphatic heterocycles. The quantitative estimate of drug-likeness (QED) is 0.568. The van der Waals surface area contributed by atoms with Crippen LogP contribution in [-0.2, 0) is 14.3 Å². The minimum atomic E-state index is -0.841. The third kappa shape index (κ3) is 5.59. The van der Waals surface area contributed by atoms with Crippen molar-refractivity contribution >= 4 is 17.7 Å². The number of carbonyl (C=O) groups is 1. The molecule has 1 heterocycles. The van der Waals surface area contributed by atoms with Crippen LogP contribution in [0.15, 0.2) is 0 Å². The zero-order valence-electron chi connectivity index (χ0n) is 11.4. The third-order valence-electron chi connectivity index (χ3n) is 3.10. The molecule has 0 bridgehead atoms. The van der Waals surface area contributed by atoms with Crippen molar-refractivity contribution in [2.24, 2.45) is 5.73 Å². The van der Waals surface area contributed by atoms with Gasteiger partial charge in [-0.2, -0.15) is 11.8 Å². The summed E-state index contributed by atoms with van der Waals surface area (Å²) < 4.78 is 10.3. The molecule has 4 nitrogen and oxygen atoms in total. The normalized spacial score (nSPS) is 20.4. The van der Waals surface area contributed by atoms with Gasteiger partial charge in [0, 0.05) is 18.5 Å².